The van der Waals surface area contributed by atoms with E-state index in [-0.39, 0.29) is 11.9 Å². The molecular weight excluding hydrogens is 224 g/mol. The number of carbonyl (C=O) groups excluding carboxylic acids is 1. The van der Waals surface area contributed by atoms with Crippen LogP contribution in [0.15, 0.2) is 36.4 Å². The first-order valence-electron chi connectivity index (χ1n) is 6.12. The van der Waals surface area contributed by atoms with Crippen molar-refractivity contribution in [1.82, 2.24) is 4.57 Å². The number of amides is 1. The number of hydrogen-bond donors (Lipinski definition) is 0. The summed E-state index contributed by atoms with van der Waals surface area (Å²) in [5.74, 6) is 0.138. The van der Waals surface area contributed by atoms with E-state index < -0.39 is 0 Å². The molecule has 3 nitrogen and oxygen atoms in total. The third-order valence-corrected chi connectivity index (χ3v) is 3.74. The van der Waals surface area contributed by atoms with Crippen molar-refractivity contribution in [2.24, 2.45) is 0 Å². The largest absolute Gasteiger partial charge is 0.333 e. The van der Waals surface area contributed by atoms with Gasteiger partial charge in [-0.15, -0.1) is 0 Å². The number of aryl methyl sites for hydroxylation is 2. The highest BCUT2D eigenvalue weighted by atomic mass is 16.2. The number of aromatic nitrogens is 1. The first kappa shape index (κ1) is 11.1. The number of nitrogens with zero attached hydrogens (tertiary/aromatic N) is 2. The van der Waals surface area contributed by atoms with Crippen molar-refractivity contribution in [2.75, 3.05) is 11.9 Å². The van der Waals surface area contributed by atoms with Crippen LogP contribution in [0.4, 0.5) is 5.69 Å². The number of fused-ring (bicyclic) bond motifs is 1. The zero-order valence-corrected chi connectivity index (χ0v) is 10.8. The summed E-state index contributed by atoms with van der Waals surface area (Å²) in [6.45, 7) is 4.09. The first-order chi connectivity index (χ1) is 8.61. The number of anilines is 1. The normalized spacial score (nSPS) is 18.3. The minimum Gasteiger partial charge on any atom is -0.333 e. The number of benzene rings is 1. The molecule has 1 aliphatic heterocycles. The Balaban J connectivity index is 2.22. The zero-order chi connectivity index (χ0) is 12.9. The van der Waals surface area contributed by atoms with Gasteiger partial charge in [-0.1, -0.05) is 18.2 Å². The highest BCUT2D eigenvalue weighted by Crippen LogP contribution is 2.38. The van der Waals surface area contributed by atoms with Crippen molar-refractivity contribution < 1.29 is 4.79 Å². The van der Waals surface area contributed by atoms with Gasteiger partial charge in [-0.3, -0.25) is 4.79 Å². The molecule has 1 unspecified atom stereocenters. The summed E-state index contributed by atoms with van der Waals surface area (Å²) in [5, 5.41) is 0. The van der Waals surface area contributed by atoms with Gasteiger partial charge >= 0.3 is 0 Å². The van der Waals surface area contributed by atoms with E-state index in [4.69, 9.17) is 0 Å². The average molecular weight is 240 g/mol. The molecule has 0 N–H and O–H groups in total. The maximum absolute atomic E-state index is 12.5. The Hall–Kier alpha value is -2.03. The molecule has 0 fully saturated rings. The van der Waals surface area contributed by atoms with Crippen molar-refractivity contribution in [3.8, 4) is 0 Å². The lowest BCUT2D eigenvalue weighted by Crippen LogP contribution is -2.28. The van der Waals surface area contributed by atoms with Gasteiger partial charge in [-0.05, 0) is 32.0 Å². The molecule has 92 valence electrons. The second-order valence-electron chi connectivity index (χ2n) is 4.84. The molecule has 3 heteroatoms. The van der Waals surface area contributed by atoms with Gasteiger partial charge in [0.2, 0.25) is 0 Å². The Morgan fingerprint density at radius 3 is 2.28 bits per heavy atom. The summed E-state index contributed by atoms with van der Waals surface area (Å²) >= 11 is 0. The quantitative estimate of drug-likeness (QED) is 0.752. The number of carbonyl (C=O) groups is 1. The maximum Gasteiger partial charge on any atom is 0.254 e. The van der Waals surface area contributed by atoms with Crippen LogP contribution in [0.2, 0.25) is 0 Å². The lowest BCUT2D eigenvalue weighted by atomic mass is 10.1. The van der Waals surface area contributed by atoms with Gasteiger partial charge in [-0.25, -0.2) is 0 Å². The predicted octanol–water partition coefficient (Wildman–Crippen LogP) is 2.67. The summed E-state index contributed by atoms with van der Waals surface area (Å²) in [7, 11) is 1.84. The van der Waals surface area contributed by atoms with Crippen LogP contribution in [-0.2, 0) is 4.79 Å². The number of rotatable bonds is 1. The van der Waals surface area contributed by atoms with Gasteiger partial charge in [0.1, 0.15) is 6.04 Å². The molecule has 0 aliphatic carbocycles. The van der Waals surface area contributed by atoms with E-state index in [0.29, 0.717) is 0 Å². The van der Waals surface area contributed by atoms with Crippen LogP contribution >= 0.6 is 0 Å². The van der Waals surface area contributed by atoms with Crippen molar-refractivity contribution >= 4 is 11.6 Å². The fourth-order valence-electron chi connectivity index (χ4n) is 2.80. The molecule has 0 saturated heterocycles. The smallest absolute Gasteiger partial charge is 0.254 e. The second kappa shape index (κ2) is 3.73. The second-order valence-corrected chi connectivity index (χ2v) is 4.84. The minimum absolute atomic E-state index is 0.138. The first-order valence-corrected chi connectivity index (χ1v) is 6.12. The molecule has 2 aromatic rings. The third-order valence-electron chi connectivity index (χ3n) is 3.74. The van der Waals surface area contributed by atoms with E-state index in [2.05, 4.69) is 16.7 Å². The van der Waals surface area contributed by atoms with Crippen LogP contribution in [0.25, 0.3) is 0 Å². The molecule has 1 aromatic carbocycles. The predicted molar refractivity (Wildman–Crippen MR) is 71.9 cm³/mol. The molecule has 0 saturated carbocycles. The lowest BCUT2D eigenvalue weighted by Gasteiger charge is -2.17. The monoisotopic (exact) mass is 240 g/mol. The molecule has 1 aliphatic rings. The van der Waals surface area contributed by atoms with E-state index >= 15 is 0 Å². The topological polar surface area (TPSA) is 25.2 Å². The third kappa shape index (κ3) is 1.33. The highest BCUT2D eigenvalue weighted by Gasteiger charge is 2.36. The summed E-state index contributed by atoms with van der Waals surface area (Å²) in [6.07, 6.45) is 0. The SMILES string of the molecule is Cc1ccc(C)n1C1C(=O)N(C)c2ccccc21. The molecule has 1 amide bonds. The minimum atomic E-state index is -0.207. The molecule has 0 bridgehead atoms. The van der Waals surface area contributed by atoms with Gasteiger partial charge in [0.25, 0.3) is 5.91 Å². The Labute approximate surface area is 107 Å². The van der Waals surface area contributed by atoms with Crippen LogP contribution in [-0.4, -0.2) is 17.5 Å². The van der Waals surface area contributed by atoms with Gasteiger partial charge in [0.15, 0.2) is 0 Å². The molecule has 1 aromatic heterocycles. The van der Waals surface area contributed by atoms with E-state index in [1.165, 1.54) is 0 Å². The van der Waals surface area contributed by atoms with E-state index in [9.17, 15) is 4.79 Å². The lowest BCUT2D eigenvalue weighted by molar-refractivity contribution is -0.119. The highest BCUT2D eigenvalue weighted by molar-refractivity contribution is 6.04. The molecule has 18 heavy (non-hydrogen) atoms. The zero-order valence-electron chi connectivity index (χ0n) is 10.8. The fourth-order valence-corrected chi connectivity index (χ4v) is 2.80. The van der Waals surface area contributed by atoms with Crippen LogP contribution < -0.4 is 4.90 Å². The average Bonchev–Trinajstić information content (AvgIpc) is 2.81. The van der Waals surface area contributed by atoms with Gasteiger partial charge in [-0.2, -0.15) is 0 Å². The number of para-hydroxylation sites is 1. The summed E-state index contributed by atoms with van der Waals surface area (Å²) in [6, 6.07) is 11.9. The Bertz CT molecular complexity index is 608. The maximum atomic E-state index is 12.5. The summed E-state index contributed by atoms with van der Waals surface area (Å²) in [5.41, 5.74) is 4.35. The van der Waals surface area contributed by atoms with Gasteiger partial charge < -0.3 is 9.47 Å². The number of likely N-dealkylation sites (N-methyl/N-ethyl adjacent to an activating group) is 1. The van der Waals surface area contributed by atoms with Crippen LogP contribution in [0.5, 0.6) is 0 Å². The van der Waals surface area contributed by atoms with E-state index in [0.717, 1.165) is 22.6 Å². The van der Waals surface area contributed by atoms with Crippen molar-refractivity contribution in [1.29, 1.82) is 0 Å². The Morgan fingerprint density at radius 2 is 1.61 bits per heavy atom. The molecular formula is C15H16N2O. The molecule has 1 atom stereocenters. The molecule has 2 heterocycles. The fraction of sp³-hybridized carbons (Fsp3) is 0.267. The van der Waals surface area contributed by atoms with Crippen molar-refractivity contribution in [3.05, 3.63) is 53.3 Å². The van der Waals surface area contributed by atoms with E-state index in [1.54, 1.807) is 4.90 Å². The molecule has 3 rings (SSSR count). The molecule has 0 radical (unpaired) electrons. The van der Waals surface area contributed by atoms with Gasteiger partial charge in [0.05, 0.1) is 0 Å². The van der Waals surface area contributed by atoms with Crippen LogP contribution in [0.3, 0.4) is 0 Å². The van der Waals surface area contributed by atoms with Crippen LogP contribution in [0, 0.1) is 13.8 Å². The molecule has 0 spiro atoms. The standard InChI is InChI=1S/C15H16N2O/c1-10-8-9-11(2)17(10)14-12-6-4-5-7-13(12)16(3)15(14)18/h4-9,14H,1-3H3. The number of hydrogen-bond acceptors (Lipinski definition) is 1. The van der Waals surface area contributed by atoms with Crippen molar-refractivity contribution in [3.63, 3.8) is 0 Å². The Morgan fingerprint density at radius 1 is 1.00 bits per heavy atom. The van der Waals surface area contributed by atoms with E-state index in [1.807, 2.05) is 45.2 Å². The van der Waals surface area contributed by atoms with Crippen molar-refractivity contribution in [2.45, 2.75) is 19.9 Å². The Kier molecular flexibility index (Phi) is 2.30. The van der Waals surface area contributed by atoms with Crippen LogP contribution in [0.1, 0.15) is 23.0 Å². The van der Waals surface area contributed by atoms with Gasteiger partial charge in [0, 0.05) is 29.7 Å². The summed E-state index contributed by atoms with van der Waals surface area (Å²) in [4.78, 5) is 14.2. The summed E-state index contributed by atoms with van der Waals surface area (Å²) < 4.78 is 2.12.